The number of hydrogen-bond donors (Lipinski definition) is 2. The Hall–Kier alpha value is -1.89. The van der Waals surface area contributed by atoms with Crippen LogP contribution in [0.15, 0.2) is 6.07 Å². The van der Waals surface area contributed by atoms with Crippen molar-refractivity contribution in [2.24, 2.45) is 12.8 Å². The molecule has 122 valence electrons. The van der Waals surface area contributed by atoms with Crippen molar-refractivity contribution in [1.82, 2.24) is 15.1 Å². The zero-order chi connectivity index (χ0) is 16.5. The highest BCUT2D eigenvalue weighted by Crippen LogP contribution is 2.22. The minimum absolute atomic E-state index is 0.108. The van der Waals surface area contributed by atoms with Gasteiger partial charge in [-0.25, -0.2) is 0 Å². The summed E-state index contributed by atoms with van der Waals surface area (Å²) in [6.45, 7) is 6.13. The Kier molecular flexibility index (Phi) is 4.55. The Morgan fingerprint density at radius 2 is 2.27 bits per heavy atom. The molecule has 0 aliphatic carbocycles. The highest BCUT2D eigenvalue weighted by molar-refractivity contribution is 6.01. The topological polar surface area (TPSA) is 93.2 Å². The number of nitrogens with one attached hydrogen (secondary N) is 1. The Morgan fingerprint density at radius 1 is 1.59 bits per heavy atom. The zero-order valence-corrected chi connectivity index (χ0v) is 13.7. The second kappa shape index (κ2) is 6.08. The van der Waals surface area contributed by atoms with Crippen LogP contribution < -0.4 is 16.0 Å². The number of aryl methyl sites for hydroxylation is 2. The van der Waals surface area contributed by atoms with Crippen molar-refractivity contribution >= 4 is 17.6 Å². The Balaban J connectivity index is 2.06. The molecule has 7 heteroatoms. The number of nitrogens with zero attached hydrogens (tertiary/aromatic N) is 3. The summed E-state index contributed by atoms with van der Waals surface area (Å²) < 4.78 is 1.68. The molecule has 1 aromatic heterocycles. The average Bonchev–Trinajstić information content (AvgIpc) is 2.93. The highest BCUT2D eigenvalue weighted by atomic mass is 16.2. The first kappa shape index (κ1) is 16.5. The van der Waals surface area contributed by atoms with Crippen LogP contribution in [0.5, 0.6) is 0 Å². The van der Waals surface area contributed by atoms with Gasteiger partial charge in [-0.2, -0.15) is 5.10 Å². The first-order valence-corrected chi connectivity index (χ1v) is 7.68. The number of anilines is 1. The van der Waals surface area contributed by atoms with Crippen LogP contribution in [-0.4, -0.2) is 39.7 Å². The number of carbonyl (C=O) groups is 2. The number of carbonyl (C=O) groups excluding carboxylic acids is 2. The zero-order valence-electron chi connectivity index (χ0n) is 13.7. The molecule has 0 spiro atoms. The Morgan fingerprint density at radius 3 is 2.82 bits per heavy atom. The van der Waals surface area contributed by atoms with Crippen molar-refractivity contribution in [1.29, 1.82) is 0 Å². The first-order chi connectivity index (χ1) is 10.3. The van der Waals surface area contributed by atoms with Gasteiger partial charge in [-0.05, 0) is 26.7 Å². The van der Waals surface area contributed by atoms with Gasteiger partial charge in [0.05, 0.1) is 11.2 Å². The Labute approximate surface area is 130 Å². The lowest BCUT2D eigenvalue weighted by Crippen LogP contribution is -2.55. The van der Waals surface area contributed by atoms with Crippen LogP contribution in [0.25, 0.3) is 0 Å². The van der Waals surface area contributed by atoms with Crippen molar-refractivity contribution in [3.05, 3.63) is 11.8 Å². The van der Waals surface area contributed by atoms with E-state index in [0.717, 1.165) is 17.9 Å². The van der Waals surface area contributed by atoms with E-state index >= 15 is 0 Å². The molecule has 2 amide bonds. The summed E-state index contributed by atoms with van der Waals surface area (Å²) in [5, 5.41) is 7.05. The lowest BCUT2D eigenvalue weighted by molar-refractivity contribution is -0.130. The van der Waals surface area contributed by atoms with Crippen molar-refractivity contribution in [3.63, 3.8) is 0 Å². The second-order valence-electron chi connectivity index (χ2n) is 6.24. The second-order valence-corrected chi connectivity index (χ2v) is 6.24. The van der Waals surface area contributed by atoms with Crippen LogP contribution in [-0.2, 0) is 16.6 Å². The molecule has 22 heavy (non-hydrogen) atoms. The van der Waals surface area contributed by atoms with Crippen LogP contribution in [0, 0.1) is 6.92 Å². The first-order valence-electron chi connectivity index (χ1n) is 7.68. The maximum absolute atomic E-state index is 12.5. The molecular formula is C15H25N5O2. The van der Waals surface area contributed by atoms with Crippen LogP contribution in [0.4, 0.5) is 5.82 Å². The lowest BCUT2D eigenvalue weighted by atomic mass is 9.96. The van der Waals surface area contributed by atoms with Crippen LogP contribution in [0.1, 0.15) is 38.8 Å². The third-order valence-electron chi connectivity index (χ3n) is 4.05. The summed E-state index contributed by atoms with van der Waals surface area (Å²) >= 11 is 0. The van der Waals surface area contributed by atoms with Gasteiger partial charge in [0, 0.05) is 19.7 Å². The molecule has 1 aromatic rings. The van der Waals surface area contributed by atoms with Gasteiger partial charge in [0.25, 0.3) is 5.91 Å². The fourth-order valence-electron chi connectivity index (χ4n) is 2.85. The molecule has 3 N–H and O–H groups in total. The third kappa shape index (κ3) is 3.14. The van der Waals surface area contributed by atoms with Gasteiger partial charge in [0.15, 0.2) is 0 Å². The van der Waals surface area contributed by atoms with Crippen LogP contribution in [0.2, 0.25) is 0 Å². The van der Waals surface area contributed by atoms with Crippen molar-refractivity contribution < 1.29 is 9.59 Å². The van der Waals surface area contributed by atoms with E-state index < -0.39 is 11.6 Å². The van der Waals surface area contributed by atoms with Gasteiger partial charge >= 0.3 is 0 Å². The summed E-state index contributed by atoms with van der Waals surface area (Å²) in [5.74, 6) is 0.378. The minimum Gasteiger partial charge on any atom is -0.343 e. The normalized spacial score (nSPS) is 21.0. The lowest BCUT2D eigenvalue weighted by Gasteiger charge is -2.25. The molecule has 1 fully saturated rings. The SMILES string of the molecule is CCCC(C)(N)C(=O)NC1CCN(c2cc(C)nn2C)C1=O. The quantitative estimate of drug-likeness (QED) is 0.827. The van der Waals surface area contributed by atoms with Gasteiger partial charge in [-0.15, -0.1) is 0 Å². The van der Waals surface area contributed by atoms with E-state index in [0.29, 0.717) is 19.4 Å². The number of hydrogen-bond acceptors (Lipinski definition) is 4. The maximum atomic E-state index is 12.5. The van der Waals surface area contributed by atoms with E-state index in [1.165, 1.54) is 0 Å². The van der Waals surface area contributed by atoms with Gasteiger partial charge in [0.2, 0.25) is 5.91 Å². The molecule has 2 rings (SSSR count). The monoisotopic (exact) mass is 307 g/mol. The summed E-state index contributed by atoms with van der Waals surface area (Å²) in [4.78, 5) is 26.4. The molecule has 0 aromatic carbocycles. The number of aromatic nitrogens is 2. The third-order valence-corrected chi connectivity index (χ3v) is 4.05. The van der Waals surface area contributed by atoms with Gasteiger partial charge in [0.1, 0.15) is 11.9 Å². The average molecular weight is 307 g/mol. The van der Waals surface area contributed by atoms with E-state index in [2.05, 4.69) is 10.4 Å². The summed E-state index contributed by atoms with van der Waals surface area (Å²) in [6.07, 6.45) is 1.99. The highest BCUT2D eigenvalue weighted by Gasteiger charge is 2.38. The molecule has 1 saturated heterocycles. The molecule has 7 nitrogen and oxygen atoms in total. The fraction of sp³-hybridized carbons (Fsp3) is 0.667. The summed E-state index contributed by atoms with van der Waals surface area (Å²) in [6, 6.07) is 1.36. The largest absolute Gasteiger partial charge is 0.343 e. The minimum atomic E-state index is -0.939. The summed E-state index contributed by atoms with van der Waals surface area (Å²) in [5.41, 5.74) is 5.93. The predicted molar refractivity (Wildman–Crippen MR) is 84.3 cm³/mol. The van der Waals surface area contributed by atoms with Crippen molar-refractivity contribution in [3.8, 4) is 0 Å². The maximum Gasteiger partial charge on any atom is 0.250 e. The summed E-state index contributed by atoms with van der Waals surface area (Å²) in [7, 11) is 1.81. The van der Waals surface area contributed by atoms with Crippen LogP contribution >= 0.6 is 0 Å². The molecule has 2 heterocycles. The fourth-order valence-corrected chi connectivity index (χ4v) is 2.85. The predicted octanol–water partition coefficient (Wildman–Crippen LogP) is 0.468. The molecule has 1 aliphatic rings. The molecule has 2 atom stereocenters. The van der Waals surface area contributed by atoms with Gasteiger partial charge < -0.3 is 11.1 Å². The van der Waals surface area contributed by atoms with E-state index in [-0.39, 0.29) is 11.8 Å². The molecule has 0 radical (unpaired) electrons. The molecule has 0 saturated carbocycles. The number of rotatable bonds is 5. The Bertz CT molecular complexity index is 578. The van der Waals surface area contributed by atoms with Gasteiger partial charge in [-0.3, -0.25) is 19.2 Å². The molecule has 0 bridgehead atoms. The van der Waals surface area contributed by atoms with E-state index in [9.17, 15) is 9.59 Å². The molecule has 2 unspecified atom stereocenters. The molecular weight excluding hydrogens is 282 g/mol. The van der Waals surface area contributed by atoms with Crippen LogP contribution in [0.3, 0.4) is 0 Å². The van der Waals surface area contributed by atoms with E-state index in [4.69, 9.17) is 5.73 Å². The van der Waals surface area contributed by atoms with Crippen molar-refractivity contribution in [2.45, 2.75) is 51.6 Å². The van der Waals surface area contributed by atoms with E-state index in [1.54, 1.807) is 23.6 Å². The number of nitrogens with two attached hydrogens (primary N) is 1. The smallest absolute Gasteiger partial charge is 0.250 e. The molecule has 1 aliphatic heterocycles. The standard InChI is InChI=1S/C15H25N5O2/c1-5-7-15(3,16)14(22)17-11-6-8-20(13(11)21)12-9-10(2)18-19(12)4/h9,11H,5-8,16H2,1-4H3,(H,17,22). The van der Waals surface area contributed by atoms with Gasteiger partial charge in [-0.1, -0.05) is 13.3 Å². The van der Waals surface area contributed by atoms with Crippen molar-refractivity contribution in [2.75, 3.05) is 11.4 Å². The number of amides is 2. The van der Waals surface area contributed by atoms with E-state index in [1.807, 2.05) is 19.9 Å².